The Balaban J connectivity index is 1.80. The molecule has 0 bridgehead atoms. The Morgan fingerprint density at radius 3 is 2.64 bits per heavy atom. The predicted octanol–water partition coefficient (Wildman–Crippen LogP) is 3.44. The number of hydrogen-bond donors (Lipinski definition) is 1. The van der Waals surface area contributed by atoms with Gasteiger partial charge in [-0.1, -0.05) is 26.0 Å². The van der Waals surface area contributed by atoms with Gasteiger partial charge in [0.2, 0.25) is 0 Å². The molecule has 1 heterocycles. The number of unbranched alkanes of at least 4 members (excludes halogenated alkanes) is 1. The molecular formula is C19H32N2O. The van der Waals surface area contributed by atoms with E-state index < -0.39 is 0 Å². The first kappa shape index (κ1) is 17.3. The lowest BCUT2D eigenvalue weighted by Gasteiger charge is -2.27. The molecule has 1 N–H and O–H groups in total. The summed E-state index contributed by atoms with van der Waals surface area (Å²) < 4.78 is 5.75. The summed E-state index contributed by atoms with van der Waals surface area (Å²) in [5.74, 6) is 1.57. The molecule has 22 heavy (non-hydrogen) atoms. The normalized spacial score (nSPS) is 16.2. The summed E-state index contributed by atoms with van der Waals surface area (Å²) in [6.45, 7) is 13.2. The van der Waals surface area contributed by atoms with Crippen molar-refractivity contribution in [3.8, 4) is 5.75 Å². The summed E-state index contributed by atoms with van der Waals surface area (Å²) in [5, 5.41) is 3.41. The Morgan fingerprint density at radius 2 is 1.95 bits per heavy atom. The summed E-state index contributed by atoms with van der Waals surface area (Å²) >= 11 is 0. The Hall–Kier alpha value is -1.06. The van der Waals surface area contributed by atoms with Crippen LogP contribution in [0.25, 0.3) is 0 Å². The highest BCUT2D eigenvalue weighted by Gasteiger charge is 2.10. The van der Waals surface area contributed by atoms with E-state index in [9.17, 15) is 0 Å². The van der Waals surface area contributed by atoms with Crippen molar-refractivity contribution >= 4 is 0 Å². The van der Waals surface area contributed by atoms with Crippen LogP contribution in [0.2, 0.25) is 0 Å². The van der Waals surface area contributed by atoms with E-state index in [-0.39, 0.29) is 0 Å². The van der Waals surface area contributed by atoms with Crippen LogP contribution in [0.4, 0.5) is 0 Å². The van der Waals surface area contributed by atoms with Crippen LogP contribution in [0.5, 0.6) is 5.75 Å². The van der Waals surface area contributed by atoms with Gasteiger partial charge >= 0.3 is 0 Å². The first-order valence-electron chi connectivity index (χ1n) is 8.89. The van der Waals surface area contributed by atoms with E-state index in [0.717, 1.165) is 25.4 Å². The molecule has 0 atom stereocenters. The molecule has 0 spiro atoms. The SMILES string of the molecule is CCOc1ccc(CCCCN2CCNCC2)cc1C(C)C. The summed E-state index contributed by atoms with van der Waals surface area (Å²) in [6, 6.07) is 6.74. The lowest BCUT2D eigenvalue weighted by Crippen LogP contribution is -2.43. The van der Waals surface area contributed by atoms with Crippen LogP contribution in [-0.4, -0.2) is 44.2 Å². The van der Waals surface area contributed by atoms with E-state index in [4.69, 9.17) is 4.74 Å². The molecule has 0 aliphatic carbocycles. The fraction of sp³-hybridized carbons (Fsp3) is 0.684. The zero-order valence-corrected chi connectivity index (χ0v) is 14.5. The third kappa shape index (κ3) is 5.29. The van der Waals surface area contributed by atoms with E-state index >= 15 is 0 Å². The first-order valence-corrected chi connectivity index (χ1v) is 8.89. The molecule has 0 amide bonds. The minimum absolute atomic E-state index is 0.516. The minimum atomic E-state index is 0.516. The molecule has 0 saturated carbocycles. The van der Waals surface area contributed by atoms with Crippen LogP contribution >= 0.6 is 0 Å². The molecule has 1 saturated heterocycles. The maximum atomic E-state index is 5.75. The van der Waals surface area contributed by atoms with Crippen molar-refractivity contribution in [1.29, 1.82) is 0 Å². The van der Waals surface area contributed by atoms with Gasteiger partial charge in [0.25, 0.3) is 0 Å². The Morgan fingerprint density at radius 1 is 1.18 bits per heavy atom. The number of rotatable bonds is 8. The smallest absolute Gasteiger partial charge is 0.122 e. The van der Waals surface area contributed by atoms with Gasteiger partial charge in [0.05, 0.1) is 6.61 Å². The average Bonchev–Trinajstić information content (AvgIpc) is 2.54. The second-order valence-electron chi connectivity index (χ2n) is 6.51. The molecule has 3 nitrogen and oxygen atoms in total. The maximum absolute atomic E-state index is 5.75. The van der Waals surface area contributed by atoms with Crippen molar-refractivity contribution in [3.63, 3.8) is 0 Å². The van der Waals surface area contributed by atoms with Crippen LogP contribution in [0.15, 0.2) is 18.2 Å². The molecule has 3 heteroatoms. The Kier molecular flexibility index (Phi) is 7.20. The largest absolute Gasteiger partial charge is 0.494 e. The number of nitrogens with zero attached hydrogens (tertiary/aromatic N) is 1. The molecule has 0 aromatic heterocycles. The zero-order chi connectivity index (χ0) is 15.8. The van der Waals surface area contributed by atoms with E-state index in [2.05, 4.69) is 42.3 Å². The molecule has 1 fully saturated rings. The summed E-state index contributed by atoms with van der Waals surface area (Å²) in [5.41, 5.74) is 2.80. The van der Waals surface area contributed by atoms with Gasteiger partial charge < -0.3 is 15.0 Å². The number of hydrogen-bond acceptors (Lipinski definition) is 3. The van der Waals surface area contributed by atoms with Gasteiger partial charge in [-0.25, -0.2) is 0 Å². The molecule has 2 rings (SSSR count). The van der Waals surface area contributed by atoms with Crippen molar-refractivity contribution in [2.24, 2.45) is 0 Å². The number of ether oxygens (including phenoxy) is 1. The molecular weight excluding hydrogens is 272 g/mol. The number of nitrogens with one attached hydrogen (secondary N) is 1. The average molecular weight is 304 g/mol. The Labute approximate surface area is 136 Å². The standard InChI is InChI=1S/C19H32N2O/c1-4-22-19-9-8-17(15-18(19)16(2)3)7-5-6-12-21-13-10-20-11-14-21/h8-9,15-16,20H,4-7,10-14H2,1-3H3. The third-order valence-corrected chi connectivity index (χ3v) is 4.40. The lowest BCUT2D eigenvalue weighted by atomic mass is 9.97. The second-order valence-corrected chi connectivity index (χ2v) is 6.51. The topological polar surface area (TPSA) is 24.5 Å². The highest BCUT2D eigenvalue weighted by atomic mass is 16.5. The van der Waals surface area contributed by atoms with Crippen molar-refractivity contribution in [2.75, 3.05) is 39.3 Å². The molecule has 0 radical (unpaired) electrons. The first-order chi connectivity index (χ1) is 10.7. The molecule has 0 unspecified atom stereocenters. The monoisotopic (exact) mass is 304 g/mol. The second kappa shape index (κ2) is 9.16. The van der Waals surface area contributed by atoms with E-state index in [1.54, 1.807) is 0 Å². The number of piperazine rings is 1. The fourth-order valence-electron chi connectivity index (χ4n) is 3.09. The fourth-order valence-corrected chi connectivity index (χ4v) is 3.09. The van der Waals surface area contributed by atoms with Crippen LogP contribution < -0.4 is 10.1 Å². The van der Waals surface area contributed by atoms with Gasteiger partial charge in [0.15, 0.2) is 0 Å². The summed E-state index contributed by atoms with van der Waals surface area (Å²) in [6.07, 6.45) is 3.75. The van der Waals surface area contributed by atoms with Crippen LogP contribution in [0.1, 0.15) is 50.7 Å². The zero-order valence-electron chi connectivity index (χ0n) is 14.5. The third-order valence-electron chi connectivity index (χ3n) is 4.40. The molecule has 1 aromatic rings. The molecule has 1 aliphatic heterocycles. The minimum Gasteiger partial charge on any atom is -0.494 e. The van der Waals surface area contributed by atoms with Gasteiger partial charge in [-0.3, -0.25) is 0 Å². The van der Waals surface area contributed by atoms with Gasteiger partial charge in [-0.05, 0) is 55.8 Å². The summed E-state index contributed by atoms with van der Waals surface area (Å²) in [4.78, 5) is 2.58. The van der Waals surface area contributed by atoms with Gasteiger partial charge in [0, 0.05) is 26.2 Å². The van der Waals surface area contributed by atoms with Crippen LogP contribution in [-0.2, 0) is 6.42 Å². The lowest BCUT2D eigenvalue weighted by molar-refractivity contribution is 0.237. The van der Waals surface area contributed by atoms with Crippen molar-refractivity contribution in [1.82, 2.24) is 10.2 Å². The highest BCUT2D eigenvalue weighted by molar-refractivity contribution is 5.39. The van der Waals surface area contributed by atoms with Crippen molar-refractivity contribution in [3.05, 3.63) is 29.3 Å². The number of benzene rings is 1. The van der Waals surface area contributed by atoms with Gasteiger partial charge in [0.1, 0.15) is 5.75 Å². The van der Waals surface area contributed by atoms with Crippen molar-refractivity contribution in [2.45, 2.75) is 46.0 Å². The van der Waals surface area contributed by atoms with Crippen molar-refractivity contribution < 1.29 is 4.74 Å². The summed E-state index contributed by atoms with van der Waals surface area (Å²) in [7, 11) is 0. The number of aryl methyl sites for hydroxylation is 1. The van der Waals surface area contributed by atoms with Gasteiger partial charge in [-0.2, -0.15) is 0 Å². The van der Waals surface area contributed by atoms with Gasteiger partial charge in [-0.15, -0.1) is 0 Å². The Bertz CT molecular complexity index is 439. The van der Waals surface area contributed by atoms with E-state index in [1.165, 1.54) is 50.0 Å². The maximum Gasteiger partial charge on any atom is 0.122 e. The molecule has 1 aliphatic rings. The highest BCUT2D eigenvalue weighted by Crippen LogP contribution is 2.28. The van der Waals surface area contributed by atoms with Crippen LogP contribution in [0, 0.1) is 0 Å². The molecule has 1 aromatic carbocycles. The predicted molar refractivity (Wildman–Crippen MR) is 93.9 cm³/mol. The molecule has 124 valence electrons. The van der Waals surface area contributed by atoms with Crippen LogP contribution in [0.3, 0.4) is 0 Å². The quantitative estimate of drug-likeness (QED) is 0.745. The van der Waals surface area contributed by atoms with E-state index in [1.807, 2.05) is 6.92 Å². The van der Waals surface area contributed by atoms with E-state index in [0.29, 0.717) is 5.92 Å².